The van der Waals surface area contributed by atoms with Gasteiger partial charge in [0.25, 0.3) is 0 Å². The molecule has 0 saturated carbocycles. The van der Waals surface area contributed by atoms with E-state index in [9.17, 15) is 5.48 Å². The van der Waals surface area contributed by atoms with Gasteiger partial charge in [-0.1, -0.05) is 133 Å². The highest BCUT2D eigenvalue weighted by atomic mass is 16.3. The van der Waals surface area contributed by atoms with Crippen molar-refractivity contribution in [1.82, 2.24) is 0 Å². The molecule has 1 nitrogen and oxygen atoms in total. The zero-order valence-electron chi connectivity index (χ0n) is 33.3. The predicted molar refractivity (Wildman–Crippen MR) is 165 cm³/mol. The topological polar surface area (TPSA) is 13.1 Å². The van der Waals surface area contributed by atoms with Crippen molar-refractivity contribution in [3.8, 4) is 33.4 Å². The van der Waals surface area contributed by atoms with Gasteiger partial charge in [0.1, 0.15) is 11.2 Å². The Morgan fingerprint density at radius 1 is 0.410 bits per heavy atom. The second-order valence-electron chi connectivity index (χ2n) is 9.08. The highest BCUT2D eigenvalue weighted by Gasteiger charge is 2.21. The lowest BCUT2D eigenvalue weighted by atomic mass is 9.84. The smallest absolute Gasteiger partial charge is 0.136 e. The molecule has 1 aromatic heterocycles. The fourth-order valence-corrected chi connectivity index (χ4v) is 5.45. The van der Waals surface area contributed by atoms with Crippen molar-refractivity contribution < 1.29 is 22.2 Å². The zero-order chi connectivity index (χ0) is 37.1. The number of rotatable bonds is 3. The average Bonchev–Trinajstić information content (AvgIpc) is 3.55. The van der Waals surface area contributed by atoms with Gasteiger partial charge in [-0.3, -0.25) is 0 Å². The van der Waals surface area contributed by atoms with Gasteiger partial charge in [0.05, 0.1) is 17.8 Å². The van der Waals surface area contributed by atoms with E-state index < -0.39 is 84.1 Å². The maximum absolute atomic E-state index is 9.30. The third-order valence-corrected chi connectivity index (χ3v) is 7.00. The van der Waals surface area contributed by atoms with Crippen LogP contribution in [0.25, 0.3) is 76.9 Å². The van der Waals surface area contributed by atoms with Crippen LogP contribution >= 0.6 is 0 Å². The molecule has 0 aliphatic heterocycles. The molecule has 0 amide bonds. The fourth-order valence-electron chi connectivity index (χ4n) is 5.45. The summed E-state index contributed by atoms with van der Waals surface area (Å²) in [5, 5.41) is 0.371. The molecule has 182 valence electrons. The van der Waals surface area contributed by atoms with Gasteiger partial charge < -0.3 is 4.42 Å². The standard InChI is InChI=1S/C38H24O/c1-3-13-25(14-4-1)27-21-11-23-33-37(27)38-32(22-12-24-34(38)39-33)36-30-19-9-7-17-28(30)35(26-15-5-2-6-16-26)29-18-8-10-20-31(29)36/h1-24H/i2D,5D,6D,7D,8D,9D,10D,15D,16D,17D,18D,19D,20D. The van der Waals surface area contributed by atoms with Gasteiger partial charge in [-0.2, -0.15) is 0 Å². The first kappa shape index (κ1) is 12.6. The number of benzene rings is 7. The molecule has 39 heavy (non-hydrogen) atoms. The molecule has 0 unspecified atom stereocenters. The van der Waals surface area contributed by atoms with Gasteiger partial charge in [-0.25, -0.2) is 0 Å². The lowest BCUT2D eigenvalue weighted by Crippen LogP contribution is -1.91. The molecule has 0 saturated heterocycles. The summed E-state index contributed by atoms with van der Waals surface area (Å²) in [5.41, 5.74) is 2.19. The third-order valence-electron chi connectivity index (χ3n) is 7.00. The van der Waals surface area contributed by atoms with Crippen LogP contribution in [-0.4, -0.2) is 0 Å². The van der Waals surface area contributed by atoms with Crippen LogP contribution < -0.4 is 0 Å². The first-order chi connectivity index (χ1) is 24.8. The number of hydrogen-bond donors (Lipinski definition) is 0. The van der Waals surface area contributed by atoms with Crippen molar-refractivity contribution in [2.75, 3.05) is 0 Å². The van der Waals surface area contributed by atoms with Crippen molar-refractivity contribution in [3.63, 3.8) is 0 Å². The van der Waals surface area contributed by atoms with Crippen LogP contribution in [0, 0.1) is 0 Å². The molecule has 0 N–H and O–H groups in total. The molecule has 0 fully saturated rings. The summed E-state index contributed by atoms with van der Waals surface area (Å²) in [6.07, 6.45) is 0. The Bertz CT molecular complexity index is 2770. The summed E-state index contributed by atoms with van der Waals surface area (Å²) < 4.78 is 121. The normalized spacial score (nSPS) is 16.3. The van der Waals surface area contributed by atoms with E-state index in [2.05, 4.69) is 0 Å². The van der Waals surface area contributed by atoms with E-state index in [1.54, 1.807) is 24.3 Å². The molecule has 1 heteroatoms. The maximum atomic E-state index is 9.30. The van der Waals surface area contributed by atoms with Crippen LogP contribution in [0.1, 0.15) is 17.8 Å². The van der Waals surface area contributed by atoms with Crippen molar-refractivity contribution in [3.05, 3.63) is 145 Å². The Labute approximate surface area is 244 Å². The van der Waals surface area contributed by atoms with E-state index >= 15 is 0 Å². The van der Waals surface area contributed by atoms with Gasteiger partial charge in [0.2, 0.25) is 0 Å². The van der Waals surface area contributed by atoms with Gasteiger partial charge in [0.15, 0.2) is 0 Å². The van der Waals surface area contributed by atoms with Crippen molar-refractivity contribution in [2.45, 2.75) is 0 Å². The van der Waals surface area contributed by atoms with E-state index in [0.29, 0.717) is 27.5 Å². The SMILES string of the molecule is [2H]c1c([2H])c([2H])c(-c2c3c([2H])c([2H])c([2H])c([2H])c3c(-c3cccc4oc5cccc(-c6ccccc6)c5c34)c3c([2H])c([2H])c([2H])c([2H])c23)c([2H])c1[2H]. The summed E-state index contributed by atoms with van der Waals surface area (Å²) in [6, 6.07) is 11.8. The second-order valence-corrected chi connectivity index (χ2v) is 9.08. The quantitative estimate of drug-likeness (QED) is 0.216. The largest absolute Gasteiger partial charge is 0.456 e. The Morgan fingerprint density at radius 2 is 0.923 bits per heavy atom. The zero-order valence-corrected chi connectivity index (χ0v) is 20.3. The Morgan fingerprint density at radius 3 is 1.54 bits per heavy atom. The highest BCUT2D eigenvalue weighted by Crippen LogP contribution is 2.48. The van der Waals surface area contributed by atoms with Crippen LogP contribution in [-0.2, 0) is 0 Å². The summed E-state index contributed by atoms with van der Waals surface area (Å²) in [4.78, 5) is 0. The monoisotopic (exact) mass is 509 g/mol. The summed E-state index contributed by atoms with van der Waals surface area (Å²) in [6.45, 7) is 0. The average molecular weight is 510 g/mol. The molecule has 0 aliphatic rings. The molecule has 0 bridgehead atoms. The Balaban J connectivity index is 1.73. The first-order valence-electron chi connectivity index (χ1n) is 18.8. The van der Waals surface area contributed by atoms with Crippen molar-refractivity contribution in [1.29, 1.82) is 0 Å². The predicted octanol–water partition coefficient (Wildman–Crippen LogP) is 10.9. The molecule has 8 aromatic rings. The minimum Gasteiger partial charge on any atom is -0.456 e. The van der Waals surface area contributed by atoms with Crippen LogP contribution in [0.15, 0.2) is 150 Å². The van der Waals surface area contributed by atoms with Gasteiger partial charge >= 0.3 is 0 Å². The molecule has 7 aromatic carbocycles. The van der Waals surface area contributed by atoms with Crippen molar-refractivity contribution in [2.24, 2.45) is 0 Å². The number of hydrogen-bond acceptors (Lipinski definition) is 1. The van der Waals surface area contributed by atoms with Crippen molar-refractivity contribution >= 4 is 43.5 Å². The van der Waals surface area contributed by atoms with E-state index in [0.717, 1.165) is 11.1 Å². The second kappa shape index (κ2) is 8.72. The summed E-state index contributed by atoms with van der Waals surface area (Å²) in [5.74, 6) is 0. The molecule has 0 spiro atoms. The van der Waals surface area contributed by atoms with E-state index in [1.807, 2.05) is 42.5 Å². The van der Waals surface area contributed by atoms with E-state index in [1.165, 1.54) is 0 Å². The fraction of sp³-hybridized carbons (Fsp3) is 0. The molecule has 8 rings (SSSR count). The third kappa shape index (κ3) is 3.34. The molecule has 1 heterocycles. The minimum absolute atomic E-state index is 0.0521. The molecular formula is C38H24O. The lowest BCUT2D eigenvalue weighted by Gasteiger charge is -2.18. The Hall–Kier alpha value is -5.14. The van der Waals surface area contributed by atoms with Crippen LogP contribution in [0.4, 0.5) is 0 Å². The Kier molecular flexibility index (Phi) is 2.82. The van der Waals surface area contributed by atoms with E-state index in [-0.39, 0.29) is 32.7 Å². The number of furan rings is 1. The van der Waals surface area contributed by atoms with Gasteiger partial charge in [-0.15, -0.1) is 0 Å². The van der Waals surface area contributed by atoms with Crippen LogP contribution in [0.2, 0.25) is 0 Å². The molecule has 0 atom stereocenters. The molecule has 0 aliphatic carbocycles. The molecular weight excluding hydrogens is 472 g/mol. The number of fused-ring (bicyclic) bond motifs is 5. The van der Waals surface area contributed by atoms with E-state index in [4.69, 9.17) is 16.8 Å². The summed E-state index contributed by atoms with van der Waals surface area (Å²) >= 11 is 0. The van der Waals surface area contributed by atoms with Crippen LogP contribution in [0.3, 0.4) is 0 Å². The summed E-state index contributed by atoms with van der Waals surface area (Å²) in [7, 11) is 0. The maximum Gasteiger partial charge on any atom is 0.136 e. The highest BCUT2D eigenvalue weighted by molar-refractivity contribution is 6.26. The lowest BCUT2D eigenvalue weighted by molar-refractivity contribution is 0.669. The molecule has 0 radical (unpaired) electrons. The van der Waals surface area contributed by atoms with Crippen LogP contribution in [0.5, 0.6) is 0 Å². The van der Waals surface area contributed by atoms with Gasteiger partial charge in [-0.05, 0) is 67.1 Å². The van der Waals surface area contributed by atoms with Gasteiger partial charge in [0, 0.05) is 10.8 Å². The minimum atomic E-state index is -0.717. The first-order valence-corrected chi connectivity index (χ1v) is 12.3.